The number of nitrogens with zero attached hydrogens (tertiary/aromatic N) is 4. The lowest BCUT2D eigenvalue weighted by Crippen LogP contribution is -2.36. The molecule has 1 N–H and O–H groups in total. The number of hydrogen-bond acceptors (Lipinski definition) is 7. The van der Waals surface area contributed by atoms with Gasteiger partial charge in [-0.2, -0.15) is 5.10 Å². The molecule has 2 aliphatic rings. The molecule has 33 heavy (non-hydrogen) atoms. The average molecular weight is 492 g/mol. The Kier molecular flexibility index (Phi) is 8.22. The number of benzene rings is 1. The van der Waals surface area contributed by atoms with E-state index in [1.807, 2.05) is 0 Å². The Bertz CT molecular complexity index is 1000. The van der Waals surface area contributed by atoms with E-state index in [4.69, 9.17) is 16.3 Å². The summed E-state index contributed by atoms with van der Waals surface area (Å²) in [4.78, 5) is 16.3. The summed E-state index contributed by atoms with van der Waals surface area (Å²) in [5, 5.41) is 8.00. The van der Waals surface area contributed by atoms with E-state index >= 15 is 0 Å². The highest BCUT2D eigenvalue weighted by molar-refractivity contribution is 7.97. The number of anilines is 2. The summed E-state index contributed by atoms with van der Waals surface area (Å²) in [5.74, 6) is 0.446. The van der Waals surface area contributed by atoms with Crippen LogP contribution in [0.5, 0.6) is 0 Å². The lowest BCUT2D eigenvalue weighted by atomic mass is 10.0. The van der Waals surface area contributed by atoms with Crippen molar-refractivity contribution in [3.63, 3.8) is 0 Å². The Labute approximate surface area is 205 Å². The van der Waals surface area contributed by atoms with Crippen LogP contribution < -0.4 is 15.8 Å². The minimum Gasteiger partial charge on any atom is -0.382 e. The molecule has 2 aliphatic heterocycles. The molecule has 2 aromatic rings. The van der Waals surface area contributed by atoms with Crippen LogP contribution >= 0.6 is 23.5 Å². The van der Waals surface area contributed by atoms with E-state index in [2.05, 4.69) is 58.8 Å². The number of halogens is 1. The molecular formula is C24H34ClN5O2S. The molecule has 1 atom stereocenters. The summed E-state index contributed by atoms with van der Waals surface area (Å²) in [5.41, 5.74) is 2.93. The number of aromatic nitrogens is 2. The van der Waals surface area contributed by atoms with E-state index in [0.717, 1.165) is 58.5 Å². The molecule has 0 radical (unpaired) electrons. The van der Waals surface area contributed by atoms with Gasteiger partial charge in [0.1, 0.15) is 5.02 Å². The van der Waals surface area contributed by atoms with Gasteiger partial charge in [0.05, 0.1) is 24.5 Å². The van der Waals surface area contributed by atoms with Gasteiger partial charge in [-0.3, -0.25) is 4.79 Å². The van der Waals surface area contributed by atoms with Crippen molar-refractivity contribution in [2.24, 2.45) is 5.92 Å². The normalized spacial score (nSPS) is 20.1. The van der Waals surface area contributed by atoms with Crippen molar-refractivity contribution in [1.82, 2.24) is 14.1 Å². The average Bonchev–Trinajstić information content (AvgIpc) is 2.81. The molecule has 1 aromatic carbocycles. The van der Waals surface area contributed by atoms with Crippen molar-refractivity contribution < 1.29 is 4.74 Å². The molecule has 3 heterocycles. The molecule has 2 saturated heterocycles. The maximum absolute atomic E-state index is 12.9. The fraction of sp³-hybridized carbons (Fsp3) is 0.583. The topological polar surface area (TPSA) is 62.6 Å². The zero-order chi connectivity index (χ0) is 23.4. The van der Waals surface area contributed by atoms with Crippen LogP contribution in [-0.2, 0) is 4.74 Å². The molecule has 0 aliphatic carbocycles. The second-order valence-electron chi connectivity index (χ2n) is 9.18. The van der Waals surface area contributed by atoms with E-state index in [-0.39, 0.29) is 16.6 Å². The van der Waals surface area contributed by atoms with Crippen LogP contribution in [0.4, 0.5) is 11.4 Å². The summed E-state index contributed by atoms with van der Waals surface area (Å²) in [6.45, 7) is 6.29. The number of piperidine rings is 1. The van der Waals surface area contributed by atoms with Crippen LogP contribution in [-0.4, -0.2) is 61.0 Å². The molecule has 180 valence electrons. The minimum absolute atomic E-state index is 0.0745. The van der Waals surface area contributed by atoms with Crippen molar-refractivity contribution in [2.75, 3.05) is 57.2 Å². The van der Waals surface area contributed by atoms with Gasteiger partial charge in [0.25, 0.3) is 5.56 Å². The van der Waals surface area contributed by atoms with Gasteiger partial charge in [-0.05, 0) is 74.2 Å². The lowest BCUT2D eigenvalue weighted by molar-refractivity contribution is 0.0595. The van der Waals surface area contributed by atoms with Gasteiger partial charge >= 0.3 is 0 Å². The first-order valence-electron chi connectivity index (χ1n) is 11.7. The van der Waals surface area contributed by atoms with Crippen LogP contribution in [0.25, 0.3) is 0 Å². The number of ether oxygens (including phenoxy) is 1. The molecular weight excluding hydrogens is 458 g/mol. The zero-order valence-corrected chi connectivity index (χ0v) is 21.3. The first-order chi connectivity index (χ1) is 15.9. The lowest BCUT2D eigenvalue weighted by Gasteiger charge is -2.31. The summed E-state index contributed by atoms with van der Waals surface area (Å²) in [6.07, 6.45) is 5.65. The number of nitrogens with one attached hydrogen (secondary N) is 1. The molecule has 2 fully saturated rings. The van der Waals surface area contributed by atoms with Gasteiger partial charge in [0.2, 0.25) is 0 Å². The maximum Gasteiger partial charge on any atom is 0.287 e. The van der Waals surface area contributed by atoms with Gasteiger partial charge in [0, 0.05) is 50.9 Å². The van der Waals surface area contributed by atoms with Gasteiger partial charge in [-0.15, -0.1) is 0 Å². The van der Waals surface area contributed by atoms with Gasteiger partial charge in [0.15, 0.2) is 0 Å². The third-order valence-corrected chi connectivity index (χ3v) is 7.89. The molecule has 0 amide bonds. The van der Waals surface area contributed by atoms with E-state index < -0.39 is 0 Å². The zero-order valence-electron chi connectivity index (χ0n) is 19.7. The molecule has 1 aromatic heterocycles. The van der Waals surface area contributed by atoms with E-state index in [0.29, 0.717) is 11.6 Å². The molecule has 7 nitrogen and oxygen atoms in total. The van der Waals surface area contributed by atoms with Crippen molar-refractivity contribution in [1.29, 1.82) is 0 Å². The molecule has 0 bridgehead atoms. The first-order valence-corrected chi connectivity index (χ1v) is 12.9. The molecule has 1 unspecified atom stereocenters. The van der Waals surface area contributed by atoms with Crippen LogP contribution in [0, 0.1) is 12.8 Å². The van der Waals surface area contributed by atoms with Crippen LogP contribution in [0.3, 0.4) is 0 Å². The fourth-order valence-corrected chi connectivity index (χ4v) is 5.82. The fourth-order valence-electron chi connectivity index (χ4n) is 4.56. The highest BCUT2D eigenvalue weighted by atomic mass is 35.5. The van der Waals surface area contributed by atoms with Gasteiger partial charge < -0.3 is 15.0 Å². The highest BCUT2D eigenvalue weighted by Crippen LogP contribution is 2.32. The smallest absolute Gasteiger partial charge is 0.287 e. The second kappa shape index (κ2) is 11.1. The molecule has 0 spiro atoms. The third kappa shape index (κ3) is 6.04. The van der Waals surface area contributed by atoms with Crippen molar-refractivity contribution in [3.8, 4) is 0 Å². The highest BCUT2D eigenvalue weighted by Gasteiger charge is 2.24. The monoisotopic (exact) mass is 491 g/mol. The van der Waals surface area contributed by atoms with Gasteiger partial charge in [-0.1, -0.05) is 11.6 Å². The van der Waals surface area contributed by atoms with Crippen LogP contribution in [0.15, 0.2) is 34.1 Å². The summed E-state index contributed by atoms with van der Waals surface area (Å²) in [6, 6.07) is 6.66. The predicted molar refractivity (Wildman–Crippen MR) is 137 cm³/mol. The minimum atomic E-state index is -0.206. The van der Waals surface area contributed by atoms with Crippen LogP contribution in [0.2, 0.25) is 5.02 Å². The third-order valence-electron chi connectivity index (χ3n) is 6.43. The summed E-state index contributed by atoms with van der Waals surface area (Å²) < 4.78 is 9.48. The van der Waals surface area contributed by atoms with E-state index in [1.54, 1.807) is 22.8 Å². The van der Waals surface area contributed by atoms with Crippen molar-refractivity contribution in [2.45, 2.75) is 43.5 Å². The molecule has 0 saturated carbocycles. The maximum atomic E-state index is 12.9. The first kappa shape index (κ1) is 24.4. The Morgan fingerprint density at radius 1 is 1.27 bits per heavy atom. The number of aryl methyl sites for hydroxylation is 1. The Balaban J connectivity index is 1.33. The largest absolute Gasteiger partial charge is 0.382 e. The van der Waals surface area contributed by atoms with E-state index in [1.165, 1.54) is 16.1 Å². The van der Waals surface area contributed by atoms with E-state index in [9.17, 15) is 4.79 Å². The molecule has 9 heteroatoms. The van der Waals surface area contributed by atoms with Gasteiger partial charge in [-0.25, -0.2) is 8.99 Å². The van der Waals surface area contributed by atoms with Crippen molar-refractivity contribution in [3.05, 3.63) is 45.3 Å². The summed E-state index contributed by atoms with van der Waals surface area (Å²) in [7, 11) is 4.13. The number of hydrogen-bond donors (Lipinski definition) is 1. The Morgan fingerprint density at radius 2 is 2.06 bits per heavy atom. The predicted octanol–water partition coefficient (Wildman–Crippen LogP) is 4.45. The van der Waals surface area contributed by atoms with Crippen molar-refractivity contribution >= 4 is 34.9 Å². The Morgan fingerprint density at radius 3 is 2.73 bits per heavy atom. The van der Waals surface area contributed by atoms with Crippen LogP contribution in [0.1, 0.15) is 37.3 Å². The molecule has 4 rings (SSSR count). The quantitative estimate of drug-likeness (QED) is 0.574. The second-order valence-corrected chi connectivity index (χ2v) is 10.7. The SMILES string of the molecule is Cc1cc(SN2CCC(n3ncc(NCC4CCCOC4)c(Cl)c3=O)CC2)ccc1N(C)C. The standard InChI is InChI=1S/C24H34ClN5O2S/c1-17-13-20(6-7-22(17)28(2)3)33-29-10-8-19(9-11-29)30-24(31)23(25)21(15-27-30)26-14-18-5-4-12-32-16-18/h6-7,13,15,18-19,26H,4-5,8-12,14,16H2,1-3H3. The number of rotatable bonds is 7. The summed E-state index contributed by atoms with van der Waals surface area (Å²) >= 11 is 8.22. The Hall–Kier alpha value is -1.74.